The summed E-state index contributed by atoms with van der Waals surface area (Å²) in [6.45, 7) is 2.36. The van der Waals surface area contributed by atoms with Crippen molar-refractivity contribution < 1.29 is 13.6 Å². The summed E-state index contributed by atoms with van der Waals surface area (Å²) in [5.41, 5.74) is 0.394. The van der Waals surface area contributed by atoms with Gasteiger partial charge in [0.1, 0.15) is 11.9 Å². The summed E-state index contributed by atoms with van der Waals surface area (Å²) in [4.78, 5) is 13.1. The van der Waals surface area contributed by atoms with Crippen LogP contribution in [0.15, 0.2) is 18.2 Å². The molecule has 1 fully saturated rings. The van der Waals surface area contributed by atoms with Crippen LogP contribution in [0.4, 0.5) is 13.6 Å². The van der Waals surface area contributed by atoms with Crippen LogP contribution in [0.2, 0.25) is 0 Å². The van der Waals surface area contributed by atoms with E-state index in [-0.39, 0.29) is 11.9 Å². The van der Waals surface area contributed by atoms with Gasteiger partial charge in [-0.1, -0.05) is 13.0 Å². The van der Waals surface area contributed by atoms with Gasteiger partial charge >= 0.3 is 6.03 Å². The van der Waals surface area contributed by atoms with Crippen LogP contribution in [0.3, 0.4) is 0 Å². The number of hydrogen-bond acceptors (Lipinski definition) is 2. The molecule has 1 unspecified atom stereocenters. The van der Waals surface area contributed by atoms with Crippen LogP contribution in [0.1, 0.15) is 24.9 Å². The highest BCUT2D eigenvalue weighted by Gasteiger charge is 2.36. The molecule has 6 heteroatoms. The number of benzene rings is 1. The van der Waals surface area contributed by atoms with E-state index in [9.17, 15) is 13.6 Å². The zero-order valence-corrected chi connectivity index (χ0v) is 9.84. The van der Waals surface area contributed by atoms with E-state index in [1.807, 2.05) is 6.92 Å². The highest BCUT2D eigenvalue weighted by Crippen LogP contribution is 2.27. The van der Waals surface area contributed by atoms with Crippen molar-refractivity contribution in [2.24, 2.45) is 0 Å². The lowest BCUT2D eigenvalue weighted by Gasteiger charge is -2.22. The van der Waals surface area contributed by atoms with Crippen LogP contribution in [0, 0.1) is 17.0 Å². The van der Waals surface area contributed by atoms with E-state index >= 15 is 0 Å². The number of hydrogen-bond donors (Lipinski definition) is 2. The lowest BCUT2D eigenvalue weighted by atomic mass is 10.1. The van der Waals surface area contributed by atoms with Crippen LogP contribution in [0.5, 0.6) is 0 Å². The third-order valence-corrected chi connectivity index (χ3v) is 2.81. The van der Waals surface area contributed by atoms with Crippen molar-refractivity contribution in [1.29, 1.82) is 5.41 Å². The summed E-state index contributed by atoms with van der Waals surface area (Å²) in [6.07, 6.45) is 0.723. The minimum atomic E-state index is -0.976. The number of nitrogens with one attached hydrogen (secondary N) is 2. The molecule has 1 atom stereocenters. The normalized spacial score (nSPS) is 19.3. The Hall–Kier alpha value is -1.98. The van der Waals surface area contributed by atoms with Crippen molar-refractivity contribution in [3.8, 4) is 0 Å². The third kappa shape index (κ3) is 2.05. The second-order valence-electron chi connectivity index (χ2n) is 4.11. The Labute approximate surface area is 103 Å². The zero-order valence-electron chi connectivity index (χ0n) is 9.84. The maximum atomic E-state index is 13.2. The summed E-state index contributed by atoms with van der Waals surface area (Å²) in [6, 6.07) is 2.38. The van der Waals surface area contributed by atoms with Gasteiger partial charge in [-0.25, -0.2) is 13.6 Å². The molecule has 4 nitrogen and oxygen atoms in total. The minimum Gasteiger partial charge on any atom is -0.310 e. The summed E-state index contributed by atoms with van der Waals surface area (Å²) >= 11 is 0. The average Bonchev–Trinajstić information content (AvgIpc) is 2.59. The Morgan fingerprint density at radius 2 is 2.11 bits per heavy atom. The van der Waals surface area contributed by atoms with Gasteiger partial charge < -0.3 is 4.90 Å². The SMILES string of the molecule is CCCN1C(=O)NC(=N)C1c1ccc(F)c(F)c1. The van der Waals surface area contributed by atoms with E-state index in [4.69, 9.17) is 5.41 Å². The van der Waals surface area contributed by atoms with Gasteiger partial charge in [-0.15, -0.1) is 0 Å². The summed E-state index contributed by atoms with van der Waals surface area (Å²) in [5, 5.41) is 10.1. The van der Waals surface area contributed by atoms with Crippen molar-refractivity contribution in [1.82, 2.24) is 10.2 Å². The Morgan fingerprint density at radius 3 is 2.72 bits per heavy atom. The Balaban J connectivity index is 2.37. The predicted octanol–water partition coefficient (Wildman–Crippen LogP) is 2.42. The molecular formula is C12H13F2N3O. The van der Waals surface area contributed by atoms with Gasteiger partial charge in [0.2, 0.25) is 0 Å². The molecule has 0 radical (unpaired) electrons. The molecule has 2 amide bonds. The second kappa shape index (κ2) is 4.72. The zero-order chi connectivity index (χ0) is 13.3. The van der Waals surface area contributed by atoms with Gasteiger partial charge in [-0.05, 0) is 24.1 Å². The first-order chi connectivity index (χ1) is 8.54. The van der Waals surface area contributed by atoms with Crippen LogP contribution >= 0.6 is 0 Å². The lowest BCUT2D eigenvalue weighted by molar-refractivity contribution is 0.205. The fourth-order valence-electron chi connectivity index (χ4n) is 2.03. The van der Waals surface area contributed by atoms with Crippen molar-refractivity contribution in [2.45, 2.75) is 19.4 Å². The second-order valence-corrected chi connectivity index (χ2v) is 4.11. The molecule has 1 saturated heterocycles. The summed E-state index contributed by atoms with van der Waals surface area (Å²) in [5.74, 6) is -1.93. The molecule has 1 aromatic carbocycles. The number of urea groups is 1. The smallest absolute Gasteiger partial charge is 0.310 e. The molecule has 0 aromatic heterocycles. The number of rotatable bonds is 3. The highest BCUT2D eigenvalue weighted by atomic mass is 19.2. The monoisotopic (exact) mass is 253 g/mol. The number of amidine groups is 1. The fourth-order valence-corrected chi connectivity index (χ4v) is 2.03. The maximum absolute atomic E-state index is 13.2. The average molecular weight is 253 g/mol. The van der Waals surface area contributed by atoms with Crippen molar-refractivity contribution in [2.75, 3.05) is 6.54 Å². The van der Waals surface area contributed by atoms with Crippen LogP contribution in [-0.2, 0) is 0 Å². The van der Waals surface area contributed by atoms with Crippen LogP contribution < -0.4 is 5.32 Å². The molecule has 0 bridgehead atoms. The fraction of sp³-hybridized carbons (Fsp3) is 0.333. The highest BCUT2D eigenvalue weighted by molar-refractivity contribution is 6.05. The standard InChI is InChI=1S/C12H13F2N3O/c1-2-5-17-10(11(15)16-12(17)18)7-3-4-8(13)9(14)6-7/h3-4,6,10H,2,5H2,1H3,(H2,15,16,18). The lowest BCUT2D eigenvalue weighted by Crippen LogP contribution is -2.30. The van der Waals surface area contributed by atoms with Gasteiger partial charge in [-0.2, -0.15) is 0 Å². The first kappa shape index (κ1) is 12.5. The summed E-state index contributed by atoms with van der Waals surface area (Å²) < 4.78 is 26.1. The minimum absolute atomic E-state index is 0.0144. The number of carbonyl (C=O) groups excluding carboxylic acids is 1. The summed E-state index contributed by atoms with van der Waals surface area (Å²) in [7, 11) is 0. The van der Waals surface area contributed by atoms with Gasteiger partial charge in [0.15, 0.2) is 11.6 Å². The van der Waals surface area contributed by atoms with Crippen molar-refractivity contribution >= 4 is 11.9 Å². The molecule has 0 saturated carbocycles. The maximum Gasteiger partial charge on any atom is 0.323 e. The Bertz CT molecular complexity index is 504. The van der Waals surface area contributed by atoms with Crippen molar-refractivity contribution in [3.05, 3.63) is 35.4 Å². The third-order valence-electron chi connectivity index (χ3n) is 2.81. The number of halogens is 2. The Kier molecular flexibility index (Phi) is 3.27. The van der Waals surface area contributed by atoms with Gasteiger partial charge in [0.05, 0.1) is 0 Å². The van der Waals surface area contributed by atoms with E-state index in [1.165, 1.54) is 11.0 Å². The Morgan fingerprint density at radius 1 is 1.39 bits per heavy atom. The van der Waals surface area contributed by atoms with E-state index in [1.54, 1.807) is 0 Å². The molecular weight excluding hydrogens is 240 g/mol. The van der Waals surface area contributed by atoms with E-state index in [0.29, 0.717) is 12.1 Å². The van der Waals surface area contributed by atoms with Crippen LogP contribution in [0.25, 0.3) is 0 Å². The molecule has 1 aromatic rings. The topological polar surface area (TPSA) is 56.2 Å². The molecule has 1 aliphatic heterocycles. The quantitative estimate of drug-likeness (QED) is 0.854. The van der Waals surface area contributed by atoms with Crippen LogP contribution in [-0.4, -0.2) is 23.3 Å². The van der Waals surface area contributed by atoms with E-state index in [2.05, 4.69) is 5.32 Å². The molecule has 2 rings (SSSR count). The first-order valence-corrected chi connectivity index (χ1v) is 5.65. The van der Waals surface area contributed by atoms with E-state index in [0.717, 1.165) is 18.6 Å². The number of carbonyl (C=O) groups is 1. The predicted molar refractivity (Wildman–Crippen MR) is 62.4 cm³/mol. The van der Waals surface area contributed by atoms with Gasteiger partial charge in [0, 0.05) is 6.54 Å². The largest absolute Gasteiger partial charge is 0.323 e. The molecule has 2 N–H and O–H groups in total. The van der Waals surface area contributed by atoms with Crippen molar-refractivity contribution in [3.63, 3.8) is 0 Å². The van der Waals surface area contributed by atoms with Gasteiger partial charge in [0.25, 0.3) is 0 Å². The molecule has 0 spiro atoms. The number of nitrogens with zero attached hydrogens (tertiary/aromatic N) is 1. The molecule has 96 valence electrons. The first-order valence-electron chi connectivity index (χ1n) is 5.65. The molecule has 18 heavy (non-hydrogen) atoms. The van der Waals surface area contributed by atoms with Gasteiger partial charge in [-0.3, -0.25) is 10.7 Å². The van der Waals surface area contributed by atoms with E-state index < -0.39 is 17.7 Å². The number of amides is 2. The molecule has 0 aliphatic carbocycles. The molecule has 1 heterocycles. The molecule has 1 aliphatic rings.